The monoisotopic (exact) mass is 330 g/mol. The first-order valence-electron chi connectivity index (χ1n) is 6.29. The Morgan fingerprint density at radius 1 is 1.25 bits per heavy atom. The van der Waals surface area contributed by atoms with Crippen molar-refractivity contribution in [3.63, 3.8) is 0 Å². The summed E-state index contributed by atoms with van der Waals surface area (Å²) < 4.78 is 0.915. The van der Waals surface area contributed by atoms with Gasteiger partial charge in [0.2, 0.25) is 0 Å². The Labute approximate surface area is 126 Å². The van der Waals surface area contributed by atoms with Crippen molar-refractivity contribution in [3.8, 4) is 0 Å². The van der Waals surface area contributed by atoms with Crippen LogP contribution in [-0.4, -0.2) is 12.1 Å². The minimum absolute atomic E-state index is 0.213. The van der Waals surface area contributed by atoms with E-state index in [9.17, 15) is 4.79 Å². The molecule has 4 heteroatoms. The highest BCUT2D eigenvalue weighted by molar-refractivity contribution is 9.10. The fourth-order valence-corrected chi connectivity index (χ4v) is 2.05. The number of nitrogens with one attached hydrogen (secondary N) is 1. The Morgan fingerprint density at radius 3 is 2.70 bits per heavy atom. The number of nitrogens with zero attached hydrogens (tertiary/aromatic N) is 1. The van der Waals surface area contributed by atoms with Crippen molar-refractivity contribution in [2.75, 3.05) is 0 Å². The van der Waals surface area contributed by atoms with Crippen molar-refractivity contribution in [2.45, 2.75) is 13.3 Å². The molecule has 20 heavy (non-hydrogen) atoms. The zero-order chi connectivity index (χ0) is 14.4. The van der Waals surface area contributed by atoms with Crippen LogP contribution in [-0.2, 0) is 6.42 Å². The van der Waals surface area contributed by atoms with Gasteiger partial charge >= 0.3 is 0 Å². The molecule has 1 amide bonds. The van der Waals surface area contributed by atoms with E-state index in [4.69, 9.17) is 0 Å². The first-order chi connectivity index (χ1) is 9.66. The van der Waals surface area contributed by atoms with Crippen LogP contribution in [0.5, 0.6) is 0 Å². The SMILES string of the molecule is Cc1ccc(C(=O)N/N=C/Cc2ccccc2)cc1Br. The standard InChI is InChI=1S/C16H15BrN2O/c1-12-7-8-14(11-15(12)17)16(20)19-18-10-9-13-5-3-2-4-6-13/h2-8,10-11H,9H2,1H3,(H,19,20)/b18-10+. The van der Waals surface area contributed by atoms with Gasteiger partial charge in [-0.3, -0.25) is 4.79 Å². The number of amides is 1. The second kappa shape index (κ2) is 7.01. The number of hydrogen-bond donors (Lipinski definition) is 1. The van der Waals surface area contributed by atoms with Gasteiger partial charge in [-0.15, -0.1) is 0 Å². The van der Waals surface area contributed by atoms with Crippen molar-refractivity contribution in [2.24, 2.45) is 5.10 Å². The largest absolute Gasteiger partial charge is 0.271 e. The summed E-state index contributed by atoms with van der Waals surface area (Å²) in [7, 11) is 0. The average Bonchev–Trinajstić information content (AvgIpc) is 2.47. The highest BCUT2D eigenvalue weighted by atomic mass is 79.9. The van der Waals surface area contributed by atoms with Gasteiger partial charge in [-0.2, -0.15) is 5.10 Å². The number of benzene rings is 2. The number of carbonyl (C=O) groups excluding carboxylic acids is 1. The van der Waals surface area contributed by atoms with Gasteiger partial charge in [0, 0.05) is 22.7 Å². The smallest absolute Gasteiger partial charge is 0.267 e. The van der Waals surface area contributed by atoms with Crippen LogP contribution in [0.15, 0.2) is 58.1 Å². The Morgan fingerprint density at radius 2 is 2.00 bits per heavy atom. The summed E-state index contributed by atoms with van der Waals surface area (Å²) in [6.07, 6.45) is 2.38. The van der Waals surface area contributed by atoms with E-state index in [2.05, 4.69) is 26.5 Å². The number of aryl methyl sites for hydroxylation is 1. The second-order valence-electron chi connectivity index (χ2n) is 4.41. The van der Waals surface area contributed by atoms with Gasteiger partial charge in [0.1, 0.15) is 0 Å². The first-order valence-corrected chi connectivity index (χ1v) is 7.08. The van der Waals surface area contributed by atoms with Gasteiger partial charge in [-0.05, 0) is 30.2 Å². The Balaban J connectivity index is 1.90. The van der Waals surface area contributed by atoms with Crippen molar-refractivity contribution in [1.29, 1.82) is 0 Å². The van der Waals surface area contributed by atoms with Crippen molar-refractivity contribution in [3.05, 3.63) is 69.7 Å². The van der Waals surface area contributed by atoms with E-state index in [-0.39, 0.29) is 5.91 Å². The third kappa shape index (κ3) is 4.03. The summed E-state index contributed by atoms with van der Waals surface area (Å²) in [5.74, 6) is -0.213. The molecule has 1 N–H and O–H groups in total. The molecule has 0 radical (unpaired) electrons. The Bertz CT molecular complexity index is 624. The van der Waals surface area contributed by atoms with E-state index in [1.54, 1.807) is 18.3 Å². The van der Waals surface area contributed by atoms with Crippen LogP contribution < -0.4 is 5.43 Å². The zero-order valence-corrected chi connectivity index (χ0v) is 12.7. The highest BCUT2D eigenvalue weighted by Crippen LogP contribution is 2.17. The molecule has 102 valence electrons. The molecular weight excluding hydrogens is 316 g/mol. The molecule has 0 saturated carbocycles. The minimum Gasteiger partial charge on any atom is -0.267 e. The number of hydrogen-bond acceptors (Lipinski definition) is 2. The number of rotatable bonds is 4. The molecule has 0 fully saturated rings. The van der Waals surface area contributed by atoms with E-state index in [1.807, 2.05) is 43.3 Å². The molecular formula is C16H15BrN2O. The molecule has 0 atom stereocenters. The fraction of sp³-hybridized carbons (Fsp3) is 0.125. The van der Waals surface area contributed by atoms with Gasteiger partial charge in [-0.25, -0.2) is 5.43 Å². The van der Waals surface area contributed by atoms with Crippen LogP contribution >= 0.6 is 15.9 Å². The second-order valence-corrected chi connectivity index (χ2v) is 5.26. The van der Waals surface area contributed by atoms with E-state index in [1.165, 1.54) is 0 Å². The lowest BCUT2D eigenvalue weighted by molar-refractivity contribution is 0.0955. The van der Waals surface area contributed by atoms with E-state index in [0.29, 0.717) is 12.0 Å². The normalized spacial score (nSPS) is 10.7. The Kier molecular flexibility index (Phi) is 5.07. The quantitative estimate of drug-likeness (QED) is 0.673. The molecule has 0 spiro atoms. The van der Waals surface area contributed by atoms with Crippen LogP contribution in [0.2, 0.25) is 0 Å². The van der Waals surface area contributed by atoms with Crippen LogP contribution in [0.1, 0.15) is 21.5 Å². The molecule has 2 aromatic rings. The molecule has 0 bridgehead atoms. The predicted octanol–water partition coefficient (Wildman–Crippen LogP) is 3.72. The summed E-state index contributed by atoms with van der Waals surface area (Å²) >= 11 is 3.41. The first kappa shape index (κ1) is 14.5. The Hall–Kier alpha value is -1.94. The van der Waals surface area contributed by atoms with Gasteiger partial charge in [-0.1, -0.05) is 52.3 Å². The summed E-state index contributed by atoms with van der Waals surface area (Å²) in [6, 6.07) is 15.4. The van der Waals surface area contributed by atoms with Crippen LogP contribution in [0.4, 0.5) is 0 Å². The van der Waals surface area contributed by atoms with Crippen molar-refractivity contribution < 1.29 is 4.79 Å². The summed E-state index contributed by atoms with van der Waals surface area (Å²) in [4.78, 5) is 11.9. The molecule has 2 aromatic carbocycles. The van der Waals surface area contributed by atoms with Crippen molar-refractivity contribution in [1.82, 2.24) is 5.43 Å². The predicted molar refractivity (Wildman–Crippen MR) is 85.0 cm³/mol. The summed E-state index contributed by atoms with van der Waals surface area (Å²) in [5, 5.41) is 3.96. The number of carbonyl (C=O) groups is 1. The lowest BCUT2D eigenvalue weighted by atomic mass is 10.1. The summed E-state index contributed by atoms with van der Waals surface area (Å²) in [5.41, 5.74) is 5.36. The molecule has 3 nitrogen and oxygen atoms in total. The van der Waals surface area contributed by atoms with Gasteiger partial charge in [0.05, 0.1) is 0 Å². The van der Waals surface area contributed by atoms with E-state index >= 15 is 0 Å². The topological polar surface area (TPSA) is 41.5 Å². The molecule has 0 heterocycles. The maximum atomic E-state index is 11.9. The molecule has 2 rings (SSSR count). The fourth-order valence-electron chi connectivity index (χ4n) is 1.67. The lowest BCUT2D eigenvalue weighted by Crippen LogP contribution is -2.17. The van der Waals surface area contributed by atoms with Gasteiger partial charge in [0.15, 0.2) is 0 Å². The number of halogens is 1. The van der Waals surface area contributed by atoms with Crippen LogP contribution in [0.3, 0.4) is 0 Å². The number of hydrazone groups is 1. The average molecular weight is 331 g/mol. The zero-order valence-electron chi connectivity index (χ0n) is 11.1. The molecule has 0 aliphatic heterocycles. The van der Waals surface area contributed by atoms with E-state index < -0.39 is 0 Å². The highest BCUT2D eigenvalue weighted by Gasteiger charge is 2.05. The molecule has 0 saturated heterocycles. The van der Waals surface area contributed by atoms with E-state index in [0.717, 1.165) is 15.6 Å². The molecule has 0 aliphatic rings. The van der Waals surface area contributed by atoms with Crippen LogP contribution in [0.25, 0.3) is 0 Å². The summed E-state index contributed by atoms with van der Waals surface area (Å²) in [6.45, 7) is 1.98. The lowest BCUT2D eigenvalue weighted by Gasteiger charge is -2.02. The van der Waals surface area contributed by atoms with Crippen molar-refractivity contribution >= 4 is 28.1 Å². The van der Waals surface area contributed by atoms with Gasteiger partial charge in [0.25, 0.3) is 5.91 Å². The van der Waals surface area contributed by atoms with Crippen LogP contribution in [0, 0.1) is 6.92 Å². The van der Waals surface area contributed by atoms with Gasteiger partial charge < -0.3 is 0 Å². The minimum atomic E-state index is -0.213. The molecule has 0 aromatic heterocycles. The molecule has 0 unspecified atom stereocenters. The third-order valence-corrected chi connectivity index (χ3v) is 3.72. The maximum absolute atomic E-state index is 11.9. The maximum Gasteiger partial charge on any atom is 0.271 e. The molecule has 0 aliphatic carbocycles. The third-order valence-electron chi connectivity index (χ3n) is 2.86.